The van der Waals surface area contributed by atoms with Crippen molar-refractivity contribution in [3.05, 3.63) is 71.1 Å². The van der Waals surface area contributed by atoms with Crippen LogP contribution in [0.2, 0.25) is 5.02 Å². The SMILES string of the molecule is CN(c1ccc(F)cc1)S(=O)(=O)c1ccc(Cl)c(C(=O)Nc2ccnn2C2CCCCC2)c1. The zero-order chi connectivity index (χ0) is 23.6. The molecule has 0 saturated heterocycles. The van der Waals surface area contributed by atoms with E-state index in [4.69, 9.17) is 11.6 Å². The van der Waals surface area contributed by atoms with E-state index >= 15 is 0 Å². The van der Waals surface area contributed by atoms with Crippen molar-refractivity contribution in [2.45, 2.75) is 43.0 Å². The molecular weight excluding hydrogens is 467 g/mol. The fraction of sp³-hybridized carbons (Fsp3) is 0.304. The summed E-state index contributed by atoms with van der Waals surface area (Å²) in [5, 5.41) is 7.31. The van der Waals surface area contributed by atoms with E-state index in [9.17, 15) is 17.6 Å². The molecule has 33 heavy (non-hydrogen) atoms. The Hall–Kier alpha value is -2.91. The van der Waals surface area contributed by atoms with Crippen molar-refractivity contribution in [3.63, 3.8) is 0 Å². The Balaban J connectivity index is 1.59. The van der Waals surface area contributed by atoms with Crippen molar-refractivity contribution in [3.8, 4) is 0 Å². The molecule has 3 aromatic rings. The van der Waals surface area contributed by atoms with Crippen LogP contribution in [0.25, 0.3) is 0 Å². The first-order valence-corrected chi connectivity index (χ1v) is 12.5. The first-order valence-electron chi connectivity index (χ1n) is 10.7. The van der Waals surface area contributed by atoms with E-state index in [1.807, 2.05) is 4.68 Å². The number of hydrogen-bond acceptors (Lipinski definition) is 4. The van der Waals surface area contributed by atoms with E-state index in [1.54, 1.807) is 12.3 Å². The Kier molecular flexibility index (Phi) is 6.71. The van der Waals surface area contributed by atoms with Crippen molar-refractivity contribution in [1.29, 1.82) is 0 Å². The highest BCUT2D eigenvalue weighted by Gasteiger charge is 2.25. The van der Waals surface area contributed by atoms with E-state index in [0.29, 0.717) is 5.82 Å². The lowest BCUT2D eigenvalue weighted by Gasteiger charge is -2.24. The molecule has 1 aliphatic carbocycles. The van der Waals surface area contributed by atoms with Gasteiger partial charge in [0.1, 0.15) is 11.6 Å². The highest BCUT2D eigenvalue weighted by Crippen LogP contribution is 2.31. The molecule has 0 radical (unpaired) electrons. The van der Waals surface area contributed by atoms with Crippen LogP contribution in [0.3, 0.4) is 0 Å². The number of hydrogen-bond donors (Lipinski definition) is 1. The van der Waals surface area contributed by atoms with Gasteiger partial charge in [0.2, 0.25) is 0 Å². The molecule has 10 heteroatoms. The number of amides is 1. The Morgan fingerprint density at radius 1 is 1.12 bits per heavy atom. The lowest BCUT2D eigenvalue weighted by atomic mass is 9.96. The maximum Gasteiger partial charge on any atom is 0.264 e. The standard InChI is InChI=1S/C23H24ClFN4O3S/c1-28(17-9-7-16(25)8-10-17)33(31,32)19-11-12-21(24)20(15-19)23(30)27-22-13-14-26-29(22)18-5-3-2-4-6-18/h7-15,18H,2-6H2,1H3,(H,27,30). The van der Waals surface area contributed by atoms with Crippen LogP contribution in [0.15, 0.2) is 59.6 Å². The number of aromatic nitrogens is 2. The Morgan fingerprint density at radius 2 is 1.82 bits per heavy atom. The van der Waals surface area contributed by atoms with Crippen molar-refractivity contribution in [1.82, 2.24) is 9.78 Å². The van der Waals surface area contributed by atoms with Crippen molar-refractivity contribution in [2.75, 3.05) is 16.7 Å². The number of nitrogens with zero attached hydrogens (tertiary/aromatic N) is 3. The number of rotatable bonds is 6. The normalized spacial score (nSPS) is 14.8. The van der Waals surface area contributed by atoms with Gasteiger partial charge in [-0.2, -0.15) is 5.10 Å². The topological polar surface area (TPSA) is 84.3 Å². The Labute approximate surface area is 197 Å². The molecule has 1 N–H and O–H groups in total. The summed E-state index contributed by atoms with van der Waals surface area (Å²) < 4.78 is 42.3. The average molecular weight is 491 g/mol. The molecule has 1 fully saturated rings. The molecule has 0 aliphatic heterocycles. The second-order valence-corrected chi connectivity index (χ2v) is 10.4. The summed E-state index contributed by atoms with van der Waals surface area (Å²) in [5.41, 5.74) is 0.315. The fourth-order valence-corrected chi connectivity index (χ4v) is 5.43. The molecule has 0 spiro atoms. The van der Waals surface area contributed by atoms with E-state index in [1.165, 1.54) is 55.9 Å². The van der Waals surface area contributed by atoms with Gasteiger partial charge in [-0.25, -0.2) is 17.5 Å². The smallest absolute Gasteiger partial charge is 0.264 e. The summed E-state index contributed by atoms with van der Waals surface area (Å²) in [5.74, 6) is -0.457. The highest BCUT2D eigenvalue weighted by molar-refractivity contribution is 7.92. The summed E-state index contributed by atoms with van der Waals surface area (Å²) in [6.07, 6.45) is 7.05. The third-order valence-electron chi connectivity index (χ3n) is 5.86. The number of sulfonamides is 1. The number of benzene rings is 2. The van der Waals surface area contributed by atoms with E-state index < -0.39 is 21.7 Å². The summed E-state index contributed by atoms with van der Waals surface area (Å²) in [4.78, 5) is 12.9. The summed E-state index contributed by atoms with van der Waals surface area (Å²) >= 11 is 6.25. The van der Waals surface area contributed by atoms with Crippen molar-refractivity contribution in [2.24, 2.45) is 0 Å². The molecule has 0 unspecified atom stereocenters. The number of halogens is 2. The predicted octanol–water partition coefficient (Wildman–Crippen LogP) is 5.26. The van der Waals surface area contributed by atoms with Crippen LogP contribution in [-0.4, -0.2) is 31.2 Å². The van der Waals surface area contributed by atoms with Crippen molar-refractivity contribution < 1.29 is 17.6 Å². The molecule has 1 amide bonds. The second kappa shape index (κ2) is 9.52. The van der Waals surface area contributed by atoms with Crippen molar-refractivity contribution >= 4 is 39.0 Å². The quantitative estimate of drug-likeness (QED) is 0.511. The lowest BCUT2D eigenvalue weighted by molar-refractivity contribution is 0.102. The van der Waals surface area contributed by atoms with Gasteiger partial charge in [-0.3, -0.25) is 9.10 Å². The second-order valence-electron chi connectivity index (χ2n) is 8.00. The van der Waals surface area contributed by atoms with Gasteiger partial charge in [0.05, 0.1) is 33.4 Å². The minimum absolute atomic E-state index is 0.0293. The van der Waals surface area contributed by atoms with Gasteiger partial charge in [0.25, 0.3) is 15.9 Å². The fourth-order valence-electron chi connectivity index (χ4n) is 4.00. The zero-order valence-corrected chi connectivity index (χ0v) is 19.6. The molecule has 1 saturated carbocycles. The highest BCUT2D eigenvalue weighted by atomic mass is 35.5. The first-order chi connectivity index (χ1) is 15.8. The van der Waals surface area contributed by atoms with Crippen LogP contribution in [0, 0.1) is 5.82 Å². The molecule has 4 rings (SSSR count). The van der Waals surface area contributed by atoms with Crippen LogP contribution in [0.4, 0.5) is 15.9 Å². The average Bonchev–Trinajstić information content (AvgIpc) is 3.27. The number of anilines is 2. The van der Waals surface area contributed by atoms with Crippen LogP contribution in [0.1, 0.15) is 48.5 Å². The predicted molar refractivity (Wildman–Crippen MR) is 126 cm³/mol. The zero-order valence-electron chi connectivity index (χ0n) is 18.0. The maximum atomic E-state index is 13.2. The van der Waals surface area contributed by atoms with Crippen LogP contribution in [-0.2, 0) is 10.0 Å². The molecule has 174 valence electrons. The minimum atomic E-state index is -4.01. The molecule has 7 nitrogen and oxygen atoms in total. The van der Waals surface area contributed by atoms with E-state index in [-0.39, 0.29) is 27.2 Å². The van der Waals surface area contributed by atoms with Crippen LogP contribution < -0.4 is 9.62 Å². The van der Waals surface area contributed by atoms with Crippen LogP contribution >= 0.6 is 11.6 Å². The third-order valence-corrected chi connectivity index (χ3v) is 7.97. The summed E-state index contributed by atoms with van der Waals surface area (Å²) in [7, 11) is -2.65. The largest absolute Gasteiger partial charge is 0.307 e. The molecule has 1 aliphatic rings. The molecule has 1 aromatic heterocycles. The Bertz CT molecular complexity index is 1250. The Morgan fingerprint density at radius 3 is 2.52 bits per heavy atom. The maximum absolute atomic E-state index is 13.2. The van der Waals surface area contributed by atoms with Gasteiger partial charge < -0.3 is 5.32 Å². The van der Waals surface area contributed by atoms with Gasteiger partial charge in [0, 0.05) is 13.1 Å². The molecule has 0 atom stereocenters. The van der Waals surface area contributed by atoms with Gasteiger partial charge in [-0.15, -0.1) is 0 Å². The monoisotopic (exact) mass is 490 g/mol. The van der Waals surface area contributed by atoms with Gasteiger partial charge >= 0.3 is 0 Å². The van der Waals surface area contributed by atoms with E-state index in [0.717, 1.165) is 30.0 Å². The van der Waals surface area contributed by atoms with Gasteiger partial charge in [-0.1, -0.05) is 30.9 Å². The first kappa shape index (κ1) is 23.3. The van der Waals surface area contributed by atoms with Crippen LogP contribution in [0.5, 0.6) is 0 Å². The minimum Gasteiger partial charge on any atom is -0.307 e. The number of carbonyl (C=O) groups is 1. The molecule has 1 heterocycles. The molecule has 0 bridgehead atoms. The van der Waals surface area contributed by atoms with E-state index in [2.05, 4.69) is 10.4 Å². The molecular formula is C23H24ClFN4O3S. The summed E-state index contributed by atoms with van der Waals surface area (Å²) in [6, 6.07) is 11.0. The summed E-state index contributed by atoms with van der Waals surface area (Å²) in [6.45, 7) is 0. The molecule has 2 aromatic carbocycles. The lowest BCUT2D eigenvalue weighted by Crippen LogP contribution is -2.27. The van der Waals surface area contributed by atoms with Gasteiger partial charge in [0.15, 0.2) is 0 Å². The number of carbonyl (C=O) groups excluding carboxylic acids is 1. The third kappa shape index (κ3) is 4.89. The number of nitrogens with one attached hydrogen (secondary N) is 1. The van der Waals surface area contributed by atoms with Gasteiger partial charge in [-0.05, 0) is 55.3 Å².